The lowest BCUT2D eigenvalue weighted by atomic mass is 10.2. The number of anilines is 1. The van der Waals surface area contributed by atoms with E-state index in [1.165, 1.54) is 0 Å². The van der Waals surface area contributed by atoms with Gasteiger partial charge in [0.15, 0.2) is 5.82 Å². The summed E-state index contributed by atoms with van der Waals surface area (Å²) in [6.45, 7) is 1.00. The van der Waals surface area contributed by atoms with Gasteiger partial charge in [0.1, 0.15) is 11.4 Å². The van der Waals surface area contributed by atoms with Crippen molar-refractivity contribution < 1.29 is 19.8 Å². The SMILES string of the molecule is CC(=O)C(=O)O.CN(C)c1ccc(N=Nc2ccccn2)c(O)c1. The molecule has 0 unspecified atom stereocenters. The lowest BCUT2D eigenvalue weighted by Crippen LogP contribution is -2.07. The number of rotatable bonds is 4. The van der Waals surface area contributed by atoms with E-state index in [0.29, 0.717) is 11.5 Å². The van der Waals surface area contributed by atoms with E-state index in [2.05, 4.69) is 15.2 Å². The standard InChI is InChI=1S/C13H14N4O.C3H4O3/c1-17(2)10-6-7-11(12(18)9-10)15-16-13-5-3-4-8-14-13;1-2(4)3(5)6/h3-9,18H,1-2H3;1H3,(H,5,6). The second-order valence-electron chi connectivity index (χ2n) is 4.82. The maximum atomic E-state index is 9.82. The number of carbonyl (C=O) groups excluding carboxylic acids is 1. The van der Waals surface area contributed by atoms with Crippen molar-refractivity contribution in [1.82, 2.24) is 4.98 Å². The van der Waals surface area contributed by atoms with Crippen molar-refractivity contribution in [2.45, 2.75) is 6.92 Å². The average molecular weight is 330 g/mol. The Kier molecular flexibility index (Phi) is 7.02. The molecule has 0 aliphatic rings. The molecular weight excluding hydrogens is 312 g/mol. The third-order valence-corrected chi connectivity index (χ3v) is 2.69. The van der Waals surface area contributed by atoms with Crippen molar-refractivity contribution in [2.24, 2.45) is 10.2 Å². The number of carbonyl (C=O) groups is 2. The molecule has 2 aromatic rings. The molecule has 24 heavy (non-hydrogen) atoms. The second-order valence-corrected chi connectivity index (χ2v) is 4.82. The van der Waals surface area contributed by atoms with Gasteiger partial charge in [-0.2, -0.15) is 0 Å². The highest BCUT2D eigenvalue weighted by Crippen LogP contribution is 2.31. The number of ketones is 1. The van der Waals surface area contributed by atoms with E-state index >= 15 is 0 Å². The second kappa shape index (κ2) is 8.99. The molecule has 0 saturated carbocycles. The van der Waals surface area contributed by atoms with E-state index in [-0.39, 0.29) is 5.75 Å². The number of Topliss-reactive ketones (excluding diaryl/α,β-unsaturated/α-hetero) is 1. The first-order chi connectivity index (χ1) is 11.3. The highest BCUT2D eigenvalue weighted by molar-refractivity contribution is 6.31. The number of hydrogen-bond donors (Lipinski definition) is 2. The molecule has 2 N–H and O–H groups in total. The van der Waals surface area contributed by atoms with Gasteiger partial charge >= 0.3 is 5.97 Å². The minimum Gasteiger partial charge on any atom is -0.506 e. The van der Waals surface area contributed by atoms with E-state index in [4.69, 9.17) is 5.11 Å². The minimum absolute atomic E-state index is 0.0980. The van der Waals surface area contributed by atoms with Crippen LogP contribution in [-0.4, -0.2) is 41.0 Å². The maximum absolute atomic E-state index is 9.82. The molecule has 0 atom stereocenters. The maximum Gasteiger partial charge on any atom is 0.371 e. The van der Waals surface area contributed by atoms with Crippen molar-refractivity contribution in [3.63, 3.8) is 0 Å². The normalized spacial score (nSPS) is 9.96. The summed E-state index contributed by atoms with van der Waals surface area (Å²) in [6.07, 6.45) is 1.64. The van der Waals surface area contributed by atoms with E-state index < -0.39 is 11.8 Å². The minimum atomic E-state index is -1.38. The zero-order valence-electron chi connectivity index (χ0n) is 13.5. The molecule has 126 valence electrons. The zero-order valence-corrected chi connectivity index (χ0v) is 13.5. The van der Waals surface area contributed by atoms with Crippen LogP contribution in [-0.2, 0) is 9.59 Å². The van der Waals surface area contributed by atoms with Gasteiger partial charge in [-0.05, 0) is 24.3 Å². The molecule has 0 aliphatic carbocycles. The van der Waals surface area contributed by atoms with Crippen LogP contribution in [0.15, 0.2) is 52.8 Å². The van der Waals surface area contributed by atoms with Gasteiger partial charge in [-0.15, -0.1) is 10.2 Å². The number of phenols is 1. The van der Waals surface area contributed by atoms with Crippen molar-refractivity contribution in [3.05, 3.63) is 42.6 Å². The van der Waals surface area contributed by atoms with E-state index in [0.717, 1.165) is 12.6 Å². The molecule has 8 heteroatoms. The lowest BCUT2D eigenvalue weighted by molar-refractivity contribution is -0.148. The highest BCUT2D eigenvalue weighted by atomic mass is 16.4. The molecule has 0 fully saturated rings. The number of hydrogen-bond acceptors (Lipinski definition) is 7. The third-order valence-electron chi connectivity index (χ3n) is 2.69. The van der Waals surface area contributed by atoms with Crippen LogP contribution in [0.25, 0.3) is 0 Å². The fourth-order valence-corrected chi connectivity index (χ4v) is 1.39. The number of azo groups is 1. The largest absolute Gasteiger partial charge is 0.506 e. The van der Waals surface area contributed by atoms with E-state index in [1.54, 1.807) is 24.4 Å². The van der Waals surface area contributed by atoms with Gasteiger partial charge in [0.05, 0.1) is 0 Å². The molecule has 8 nitrogen and oxygen atoms in total. The first kappa shape index (κ1) is 18.8. The Morgan fingerprint density at radius 2 is 1.79 bits per heavy atom. The van der Waals surface area contributed by atoms with Crippen LogP contribution in [0.2, 0.25) is 0 Å². The summed E-state index contributed by atoms with van der Waals surface area (Å²) in [6, 6.07) is 10.6. The molecule has 1 heterocycles. The van der Waals surface area contributed by atoms with Crippen molar-refractivity contribution in [1.29, 1.82) is 0 Å². The number of carboxylic acids is 1. The third kappa shape index (κ3) is 6.22. The fourth-order valence-electron chi connectivity index (χ4n) is 1.39. The Bertz CT molecular complexity index is 718. The fraction of sp³-hybridized carbons (Fsp3) is 0.188. The molecule has 1 aromatic heterocycles. The number of aromatic nitrogens is 1. The van der Waals surface area contributed by atoms with Crippen LogP contribution in [0.4, 0.5) is 17.2 Å². The first-order valence-electron chi connectivity index (χ1n) is 6.88. The summed E-state index contributed by atoms with van der Waals surface area (Å²) >= 11 is 0. The van der Waals surface area contributed by atoms with Crippen molar-refractivity contribution in [3.8, 4) is 5.75 Å². The number of aliphatic carboxylic acids is 1. The summed E-state index contributed by atoms with van der Waals surface area (Å²) in [5.41, 5.74) is 1.33. The Balaban J connectivity index is 0.000000413. The molecule has 0 spiro atoms. The van der Waals surface area contributed by atoms with Gasteiger partial charge < -0.3 is 15.1 Å². The number of benzene rings is 1. The molecule has 0 saturated heterocycles. The van der Waals surface area contributed by atoms with Crippen molar-refractivity contribution in [2.75, 3.05) is 19.0 Å². The highest BCUT2D eigenvalue weighted by Gasteiger charge is 2.03. The van der Waals surface area contributed by atoms with Crippen LogP contribution < -0.4 is 4.90 Å². The Morgan fingerprint density at radius 3 is 2.25 bits per heavy atom. The van der Waals surface area contributed by atoms with Crippen LogP contribution in [0, 0.1) is 0 Å². The number of carboxylic acid groups (broad SMARTS) is 1. The van der Waals surface area contributed by atoms with Gasteiger partial charge in [0, 0.05) is 39.0 Å². The molecular formula is C16H18N4O4. The number of aromatic hydroxyl groups is 1. The molecule has 1 aromatic carbocycles. The summed E-state index contributed by atoms with van der Waals surface area (Å²) in [4.78, 5) is 24.8. The predicted molar refractivity (Wildman–Crippen MR) is 89.2 cm³/mol. The summed E-state index contributed by atoms with van der Waals surface area (Å²) in [7, 11) is 3.81. The van der Waals surface area contributed by atoms with Crippen molar-refractivity contribution >= 4 is 28.9 Å². The van der Waals surface area contributed by atoms with Crippen LogP contribution in [0.5, 0.6) is 5.75 Å². The van der Waals surface area contributed by atoms with Crippen LogP contribution in [0.3, 0.4) is 0 Å². The van der Waals surface area contributed by atoms with Gasteiger partial charge in [0.2, 0.25) is 5.78 Å². The Labute approximate surface area is 139 Å². The smallest absolute Gasteiger partial charge is 0.371 e. The van der Waals surface area contributed by atoms with E-state index in [9.17, 15) is 14.7 Å². The molecule has 0 aliphatic heterocycles. The molecule has 0 amide bonds. The van der Waals surface area contributed by atoms with Gasteiger partial charge in [-0.3, -0.25) is 4.79 Å². The molecule has 0 radical (unpaired) electrons. The average Bonchev–Trinajstić information content (AvgIpc) is 2.55. The zero-order chi connectivity index (χ0) is 18.1. The first-order valence-corrected chi connectivity index (χ1v) is 6.88. The van der Waals surface area contributed by atoms with Crippen LogP contribution in [0.1, 0.15) is 6.92 Å². The molecule has 0 bridgehead atoms. The Hall–Kier alpha value is -3.29. The quantitative estimate of drug-likeness (QED) is 0.658. The topological polar surface area (TPSA) is 115 Å². The van der Waals surface area contributed by atoms with Gasteiger partial charge in [0.25, 0.3) is 0 Å². The lowest BCUT2D eigenvalue weighted by Gasteiger charge is -2.12. The van der Waals surface area contributed by atoms with Crippen LogP contribution >= 0.6 is 0 Å². The summed E-state index contributed by atoms with van der Waals surface area (Å²) in [5, 5.41) is 25.4. The van der Waals surface area contributed by atoms with E-state index in [1.807, 2.05) is 37.2 Å². The summed E-state index contributed by atoms with van der Waals surface area (Å²) < 4.78 is 0. The number of nitrogens with zero attached hydrogens (tertiary/aromatic N) is 4. The predicted octanol–water partition coefficient (Wildman–Crippen LogP) is 2.93. The molecule has 2 rings (SSSR count). The number of pyridine rings is 1. The monoisotopic (exact) mass is 330 g/mol. The number of phenolic OH excluding ortho intramolecular Hbond substituents is 1. The summed E-state index contributed by atoms with van der Waals surface area (Å²) in [5.74, 6) is -1.60. The van der Waals surface area contributed by atoms with Gasteiger partial charge in [-0.25, -0.2) is 9.78 Å². The Morgan fingerprint density at radius 1 is 1.12 bits per heavy atom. The van der Waals surface area contributed by atoms with Gasteiger partial charge in [-0.1, -0.05) is 6.07 Å².